The first-order valence-corrected chi connectivity index (χ1v) is 15.9. The molecule has 45 heavy (non-hydrogen) atoms. The lowest BCUT2D eigenvalue weighted by Gasteiger charge is -2.53. The van der Waals surface area contributed by atoms with Crippen LogP contribution in [0.5, 0.6) is 11.5 Å². The van der Waals surface area contributed by atoms with E-state index in [2.05, 4.69) is 0 Å². The zero-order valence-electron chi connectivity index (χ0n) is 24.3. The molecule has 7 nitrogen and oxygen atoms in total. The molecule has 4 aromatic rings. The fourth-order valence-electron chi connectivity index (χ4n) is 8.03. The van der Waals surface area contributed by atoms with Crippen molar-refractivity contribution in [2.75, 3.05) is 7.11 Å². The van der Waals surface area contributed by atoms with Crippen LogP contribution in [0.25, 0.3) is 25.1 Å². The number of ether oxygens (including phenoxy) is 2. The van der Waals surface area contributed by atoms with Crippen LogP contribution in [0.2, 0.25) is 0 Å². The molecule has 4 aliphatic rings. The molecule has 0 amide bonds. The van der Waals surface area contributed by atoms with Crippen LogP contribution in [0.4, 0.5) is 13.2 Å². The first-order chi connectivity index (χ1) is 21.3. The highest BCUT2D eigenvalue weighted by molar-refractivity contribution is 7.49. The first-order valence-electron chi connectivity index (χ1n) is 14.6. The molecule has 1 heterocycles. The molecule has 4 aliphatic carbocycles. The Bertz CT molecular complexity index is 2010. The van der Waals surface area contributed by atoms with Gasteiger partial charge in [-0.1, -0.05) is 12.1 Å². The molecule has 8 rings (SSSR count). The van der Waals surface area contributed by atoms with E-state index in [9.17, 15) is 37.5 Å². The van der Waals surface area contributed by atoms with Gasteiger partial charge >= 0.3 is 18.1 Å². The second-order valence-electron chi connectivity index (χ2n) is 12.5. The second kappa shape index (κ2) is 10.1. The summed E-state index contributed by atoms with van der Waals surface area (Å²) < 4.78 is 53.5. The summed E-state index contributed by atoms with van der Waals surface area (Å²) in [6.07, 6.45) is -1.71. The maximum atomic E-state index is 14.0. The fourth-order valence-corrected chi connectivity index (χ4v) is 10.6. The number of halogens is 3. The molecule has 1 N–H and O–H groups in total. The molecule has 4 bridgehead atoms. The largest absolute Gasteiger partial charge is 0.493 e. The van der Waals surface area contributed by atoms with Crippen LogP contribution in [0.3, 0.4) is 0 Å². The number of hydrogen-bond donors (Lipinski definition) is 1. The summed E-state index contributed by atoms with van der Waals surface area (Å²) in [5, 5.41) is 10.4. The van der Waals surface area contributed by atoms with Crippen LogP contribution in [0.15, 0.2) is 53.3 Å². The number of fused-ring (bicyclic) bond motifs is 2. The maximum Gasteiger partial charge on any atom is 0.416 e. The van der Waals surface area contributed by atoms with Crippen LogP contribution in [-0.2, 0) is 15.8 Å². The highest BCUT2D eigenvalue weighted by Crippen LogP contribution is 2.59. The van der Waals surface area contributed by atoms with E-state index in [1.54, 1.807) is 25.1 Å². The van der Waals surface area contributed by atoms with Crippen molar-refractivity contribution in [2.45, 2.75) is 45.2 Å². The Hall–Kier alpha value is -4.25. The van der Waals surface area contributed by atoms with Gasteiger partial charge in [-0.25, -0.2) is 4.79 Å². The first kappa shape index (κ1) is 29.5. The monoisotopic (exact) mass is 637 g/mol. The van der Waals surface area contributed by atoms with Gasteiger partial charge in [0.05, 0.1) is 34.4 Å². The summed E-state index contributed by atoms with van der Waals surface area (Å²) in [5.41, 5.74) is -2.35. The summed E-state index contributed by atoms with van der Waals surface area (Å²) in [6, 6.07) is 10.6. The van der Waals surface area contributed by atoms with Gasteiger partial charge in [0.15, 0.2) is 20.9 Å². The molecule has 0 aliphatic heterocycles. The molecule has 0 spiro atoms. The van der Waals surface area contributed by atoms with Crippen LogP contribution in [0, 0.1) is 30.1 Å². The average Bonchev–Trinajstić information content (AvgIpc) is 3.00. The molecular weight excluding hydrogens is 609 g/mol. The third-order valence-electron chi connectivity index (χ3n) is 9.82. The minimum Gasteiger partial charge on any atom is -0.493 e. The molecule has 1 aromatic heterocycles. The van der Waals surface area contributed by atoms with Gasteiger partial charge in [-0.2, -0.15) is 13.2 Å². The summed E-state index contributed by atoms with van der Waals surface area (Å²) in [4.78, 5) is 53.2. The van der Waals surface area contributed by atoms with E-state index in [0.717, 1.165) is 25.0 Å². The van der Waals surface area contributed by atoms with Crippen molar-refractivity contribution < 1.29 is 42.1 Å². The Morgan fingerprint density at radius 3 is 2.27 bits per heavy atom. The highest BCUT2D eigenvalue weighted by atomic mass is 32.2. The van der Waals surface area contributed by atoms with E-state index >= 15 is 0 Å². The van der Waals surface area contributed by atoms with Gasteiger partial charge in [-0.05, 0) is 75.3 Å². The lowest BCUT2D eigenvalue weighted by atomic mass is 9.49. The van der Waals surface area contributed by atoms with Gasteiger partial charge in [0.1, 0.15) is 11.3 Å². The van der Waals surface area contributed by atoms with Gasteiger partial charge in [-0.15, -0.1) is 0 Å². The van der Waals surface area contributed by atoms with E-state index in [-0.39, 0.29) is 66.5 Å². The Morgan fingerprint density at radius 2 is 1.62 bits per heavy atom. The van der Waals surface area contributed by atoms with Gasteiger partial charge < -0.3 is 14.6 Å². The lowest BCUT2D eigenvalue weighted by molar-refractivity contribution is -0.167. The van der Waals surface area contributed by atoms with Gasteiger partial charge in [0, 0.05) is 28.4 Å². The third kappa shape index (κ3) is 4.46. The standard InChI is InChI=1S/C34H27F3O7S/c1-16-29(44-32(42)33-13-17-9-18(14-33)27(38)19(10-17)15-33)24(43-2)12-23(31(40)41)30(16)45-25-6-4-3-5-21(25)28(39)22-11-20(34(35,36)37)7-8-26(22)45/h3-8,11-12,17-19H,9-10,13-15H2,1-2H3/p+1. The van der Waals surface area contributed by atoms with Gasteiger partial charge in [0.2, 0.25) is 10.3 Å². The Labute approximate surface area is 257 Å². The van der Waals surface area contributed by atoms with E-state index < -0.39 is 45.0 Å². The molecule has 11 heteroatoms. The number of carbonyl (C=O) groups is 3. The molecule has 3 atom stereocenters. The number of carboxylic acid groups (broad SMARTS) is 1. The summed E-state index contributed by atoms with van der Waals surface area (Å²) >= 11 is 0. The average molecular weight is 638 g/mol. The van der Waals surface area contributed by atoms with E-state index in [1.165, 1.54) is 25.3 Å². The molecule has 232 valence electrons. The normalized spacial score (nSPS) is 24.3. The number of carbonyl (C=O) groups excluding carboxylic acids is 2. The van der Waals surface area contributed by atoms with Crippen LogP contribution in [-0.4, -0.2) is 29.9 Å². The number of rotatable bonds is 5. The van der Waals surface area contributed by atoms with Crippen molar-refractivity contribution in [3.8, 4) is 16.4 Å². The number of Topliss-reactive ketones (excluding diaryl/α,β-unsaturated/α-hetero) is 1. The molecule has 4 saturated carbocycles. The van der Waals surface area contributed by atoms with Crippen molar-refractivity contribution in [3.05, 3.63) is 75.4 Å². The molecular formula is C34H28F3O7S+. The Kier molecular flexibility index (Phi) is 6.63. The zero-order valence-corrected chi connectivity index (χ0v) is 25.1. The lowest BCUT2D eigenvalue weighted by Crippen LogP contribution is -2.55. The quantitative estimate of drug-likeness (QED) is 0.105. The number of esters is 1. The fraction of sp³-hybridized carbons (Fsp3) is 0.353. The minimum atomic E-state index is -4.70. The second-order valence-corrected chi connectivity index (χ2v) is 14.4. The van der Waals surface area contributed by atoms with Crippen LogP contribution in [0.1, 0.15) is 53.6 Å². The predicted octanol–water partition coefficient (Wildman–Crippen LogP) is 7.43. The molecule has 0 saturated heterocycles. The van der Waals surface area contributed by atoms with Crippen LogP contribution < -0.4 is 14.9 Å². The molecule has 3 unspecified atom stereocenters. The van der Waals surface area contributed by atoms with Crippen molar-refractivity contribution >= 4 is 48.4 Å². The number of aromatic carboxylic acids is 1. The summed E-state index contributed by atoms with van der Waals surface area (Å²) in [5.74, 6) is -1.66. The van der Waals surface area contributed by atoms with Crippen molar-refractivity contribution in [2.24, 2.45) is 23.2 Å². The van der Waals surface area contributed by atoms with E-state index in [0.29, 0.717) is 24.0 Å². The van der Waals surface area contributed by atoms with Crippen molar-refractivity contribution in [1.82, 2.24) is 0 Å². The number of methoxy groups -OCH3 is 1. The summed E-state index contributed by atoms with van der Waals surface area (Å²) in [6.45, 7) is 1.59. The number of alkyl halides is 3. The third-order valence-corrected chi connectivity index (χ3v) is 12.4. The number of hydrogen-bond acceptors (Lipinski definition) is 6. The van der Waals surface area contributed by atoms with Gasteiger partial charge in [-0.3, -0.25) is 14.4 Å². The number of carboxylic acids is 1. The zero-order chi connectivity index (χ0) is 32.0. The van der Waals surface area contributed by atoms with E-state index in [1.807, 2.05) is 0 Å². The maximum absolute atomic E-state index is 14.0. The van der Waals surface area contributed by atoms with Crippen molar-refractivity contribution in [3.63, 3.8) is 0 Å². The summed E-state index contributed by atoms with van der Waals surface area (Å²) in [7, 11) is -0.0432. The Morgan fingerprint density at radius 1 is 0.956 bits per heavy atom. The van der Waals surface area contributed by atoms with Crippen molar-refractivity contribution in [1.29, 1.82) is 0 Å². The van der Waals surface area contributed by atoms with E-state index in [4.69, 9.17) is 9.47 Å². The topological polar surface area (TPSA) is 107 Å². The van der Waals surface area contributed by atoms with Crippen LogP contribution >= 0.6 is 10.5 Å². The number of benzene rings is 3. The molecule has 3 aromatic carbocycles. The smallest absolute Gasteiger partial charge is 0.416 e. The highest BCUT2D eigenvalue weighted by Gasteiger charge is 2.59. The predicted molar refractivity (Wildman–Crippen MR) is 161 cm³/mol. The number of ketones is 1. The SMILES string of the molecule is COc1cc(C(=O)O)c(-[s+]2c3ccccc3c(=O)c3cc(C(F)(F)F)ccc32)c(C)c1OC(=O)C12CC3CC(C1)C(=O)C(C3)C2. The molecule has 4 fully saturated rings. The Balaban J connectivity index is 1.46. The minimum absolute atomic E-state index is 0.0138. The van der Waals surface area contributed by atoms with Gasteiger partial charge in [0.25, 0.3) is 0 Å². The molecule has 0 radical (unpaired) electrons.